The highest BCUT2D eigenvalue weighted by molar-refractivity contribution is 6.15. The Balaban J connectivity index is 1.15. The molecule has 0 saturated carbocycles. The first kappa shape index (κ1) is 29.1. The first-order chi connectivity index (χ1) is 20.7. The SMILES string of the molecule is CC1=N/C(=C/c2ccc(O)cc2)C(=O)N1CC(=O)N(CCNC(=O)OCC1c2ccccc2-c2ccccc21)CC(=O)O. The molecule has 1 aliphatic carbocycles. The predicted molar refractivity (Wildman–Crippen MR) is 158 cm³/mol. The van der Waals surface area contributed by atoms with Crippen LogP contribution >= 0.6 is 0 Å². The Morgan fingerprint density at radius 3 is 2.26 bits per heavy atom. The number of benzene rings is 3. The third-order valence-corrected chi connectivity index (χ3v) is 7.30. The van der Waals surface area contributed by atoms with E-state index in [9.17, 15) is 29.4 Å². The molecule has 0 saturated heterocycles. The Bertz CT molecular complexity index is 1590. The van der Waals surface area contributed by atoms with E-state index in [-0.39, 0.29) is 42.9 Å². The average Bonchev–Trinajstić information content (AvgIpc) is 3.45. The zero-order valence-electron chi connectivity index (χ0n) is 23.4. The number of hydrogen-bond acceptors (Lipinski definition) is 7. The number of amides is 3. The van der Waals surface area contributed by atoms with Gasteiger partial charge in [-0.3, -0.25) is 19.3 Å². The molecule has 43 heavy (non-hydrogen) atoms. The maximum atomic E-state index is 13.1. The van der Waals surface area contributed by atoms with Gasteiger partial charge in [-0.25, -0.2) is 9.79 Å². The van der Waals surface area contributed by atoms with Crippen LogP contribution in [-0.4, -0.2) is 82.5 Å². The average molecular weight is 583 g/mol. The molecular formula is C32H30N4O7. The standard InChI is InChI=1S/C32H30N4O7/c1-20-34-28(16-21-10-12-22(37)13-11-21)31(41)36(20)17-29(38)35(18-30(39)40)15-14-33-32(42)43-19-27-25-8-4-2-6-23(25)24-7-3-5-9-26(24)27/h2-13,16,27,37H,14-15,17-19H2,1H3,(H,33,42)(H,39,40)/b28-16+. The molecule has 0 fully saturated rings. The number of carboxylic acid groups (broad SMARTS) is 1. The molecular weight excluding hydrogens is 552 g/mol. The van der Waals surface area contributed by atoms with Crippen LogP contribution in [0, 0.1) is 0 Å². The summed E-state index contributed by atoms with van der Waals surface area (Å²) in [4.78, 5) is 56.5. The number of amidine groups is 1. The van der Waals surface area contributed by atoms with Crippen LogP contribution in [0.5, 0.6) is 5.75 Å². The van der Waals surface area contributed by atoms with Crippen molar-refractivity contribution in [2.24, 2.45) is 4.99 Å². The second kappa shape index (κ2) is 12.6. The van der Waals surface area contributed by atoms with E-state index < -0.39 is 37.0 Å². The van der Waals surface area contributed by atoms with Gasteiger partial charge in [0.1, 0.15) is 37.0 Å². The summed E-state index contributed by atoms with van der Waals surface area (Å²) >= 11 is 0. The molecule has 11 heteroatoms. The molecule has 0 unspecified atom stereocenters. The van der Waals surface area contributed by atoms with Crippen LogP contribution in [0.4, 0.5) is 4.79 Å². The molecule has 0 atom stereocenters. The molecule has 1 aliphatic heterocycles. The van der Waals surface area contributed by atoms with Crippen molar-refractivity contribution in [3.8, 4) is 16.9 Å². The van der Waals surface area contributed by atoms with Crippen molar-refractivity contribution in [3.05, 3.63) is 95.2 Å². The molecule has 1 heterocycles. The van der Waals surface area contributed by atoms with Gasteiger partial charge in [-0.05, 0) is 52.9 Å². The Hall–Kier alpha value is -5.45. The van der Waals surface area contributed by atoms with Gasteiger partial charge in [0.15, 0.2) is 0 Å². The summed E-state index contributed by atoms with van der Waals surface area (Å²) in [5.74, 6) is -2.11. The largest absolute Gasteiger partial charge is 0.508 e. The molecule has 3 aromatic carbocycles. The number of hydrogen-bond donors (Lipinski definition) is 3. The van der Waals surface area contributed by atoms with Crippen molar-refractivity contribution in [2.45, 2.75) is 12.8 Å². The lowest BCUT2D eigenvalue weighted by atomic mass is 9.98. The van der Waals surface area contributed by atoms with Gasteiger partial charge in [-0.2, -0.15) is 0 Å². The fourth-order valence-corrected chi connectivity index (χ4v) is 5.21. The van der Waals surface area contributed by atoms with Gasteiger partial charge in [-0.15, -0.1) is 0 Å². The molecule has 0 spiro atoms. The van der Waals surface area contributed by atoms with E-state index in [1.165, 1.54) is 23.1 Å². The minimum Gasteiger partial charge on any atom is -0.508 e. The quantitative estimate of drug-likeness (QED) is 0.310. The van der Waals surface area contributed by atoms with Crippen molar-refractivity contribution >= 4 is 35.8 Å². The highest BCUT2D eigenvalue weighted by Gasteiger charge is 2.32. The molecule has 3 N–H and O–H groups in total. The smallest absolute Gasteiger partial charge is 0.407 e. The topological polar surface area (TPSA) is 149 Å². The van der Waals surface area contributed by atoms with E-state index in [0.717, 1.165) is 27.2 Å². The zero-order valence-corrected chi connectivity index (χ0v) is 23.4. The van der Waals surface area contributed by atoms with Crippen LogP contribution in [0.25, 0.3) is 17.2 Å². The maximum absolute atomic E-state index is 13.1. The number of aliphatic imine (C=N–C) groups is 1. The van der Waals surface area contributed by atoms with Crippen LogP contribution in [0.2, 0.25) is 0 Å². The number of nitrogens with one attached hydrogen (secondary N) is 1. The minimum atomic E-state index is -1.24. The molecule has 2 aliphatic rings. The Morgan fingerprint density at radius 1 is 1.00 bits per heavy atom. The minimum absolute atomic E-state index is 0.0529. The highest BCUT2D eigenvalue weighted by Crippen LogP contribution is 2.44. The first-order valence-electron chi connectivity index (χ1n) is 13.7. The number of aliphatic carboxylic acids is 1. The first-order valence-corrected chi connectivity index (χ1v) is 13.7. The maximum Gasteiger partial charge on any atom is 0.407 e. The number of aromatic hydroxyl groups is 1. The Labute approximate surface area is 247 Å². The molecule has 3 amide bonds. The number of fused-ring (bicyclic) bond motifs is 3. The van der Waals surface area contributed by atoms with E-state index >= 15 is 0 Å². The van der Waals surface area contributed by atoms with E-state index in [1.807, 2.05) is 48.5 Å². The van der Waals surface area contributed by atoms with Gasteiger partial charge in [0.25, 0.3) is 5.91 Å². The second-order valence-electron chi connectivity index (χ2n) is 10.1. The molecule has 11 nitrogen and oxygen atoms in total. The van der Waals surface area contributed by atoms with Crippen molar-refractivity contribution in [1.29, 1.82) is 0 Å². The summed E-state index contributed by atoms with van der Waals surface area (Å²) in [6.07, 6.45) is 0.842. The van der Waals surface area contributed by atoms with Gasteiger partial charge in [-0.1, -0.05) is 60.7 Å². The van der Waals surface area contributed by atoms with Gasteiger partial charge >= 0.3 is 12.1 Å². The number of carboxylic acids is 1. The van der Waals surface area contributed by atoms with E-state index in [2.05, 4.69) is 10.3 Å². The monoisotopic (exact) mass is 582 g/mol. The summed E-state index contributed by atoms with van der Waals surface area (Å²) in [5.41, 5.74) is 5.11. The third kappa shape index (κ3) is 6.56. The highest BCUT2D eigenvalue weighted by atomic mass is 16.5. The molecule has 3 aromatic rings. The summed E-state index contributed by atoms with van der Waals surface area (Å²) < 4.78 is 5.51. The summed E-state index contributed by atoms with van der Waals surface area (Å²) in [6, 6.07) is 22.1. The number of ether oxygens (including phenoxy) is 1. The van der Waals surface area contributed by atoms with Crippen molar-refractivity contribution < 1.29 is 34.1 Å². The number of carbonyl (C=O) groups is 4. The Morgan fingerprint density at radius 2 is 1.63 bits per heavy atom. The second-order valence-corrected chi connectivity index (χ2v) is 10.1. The lowest BCUT2D eigenvalue weighted by molar-refractivity contribution is -0.145. The zero-order chi connectivity index (χ0) is 30.5. The number of carbonyl (C=O) groups excluding carboxylic acids is 3. The van der Waals surface area contributed by atoms with Crippen LogP contribution in [0.1, 0.15) is 29.5 Å². The molecule has 5 rings (SSSR count). The lowest BCUT2D eigenvalue weighted by Crippen LogP contribution is -2.47. The van der Waals surface area contributed by atoms with Gasteiger partial charge in [0.05, 0.1) is 0 Å². The van der Waals surface area contributed by atoms with E-state index in [4.69, 9.17) is 4.74 Å². The number of nitrogens with zero attached hydrogens (tertiary/aromatic N) is 3. The summed E-state index contributed by atoms with van der Waals surface area (Å²) in [6.45, 7) is 0.502. The lowest BCUT2D eigenvalue weighted by Gasteiger charge is -2.24. The van der Waals surface area contributed by atoms with Crippen LogP contribution in [0.3, 0.4) is 0 Å². The van der Waals surface area contributed by atoms with Crippen LogP contribution < -0.4 is 5.32 Å². The van der Waals surface area contributed by atoms with E-state index in [0.29, 0.717) is 5.56 Å². The molecule has 0 radical (unpaired) electrons. The van der Waals surface area contributed by atoms with Crippen molar-refractivity contribution in [1.82, 2.24) is 15.1 Å². The predicted octanol–water partition coefficient (Wildman–Crippen LogP) is 3.45. The van der Waals surface area contributed by atoms with E-state index in [1.54, 1.807) is 19.1 Å². The molecule has 0 bridgehead atoms. The van der Waals surface area contributed by atoms with Crippen LogP contribution in [-0.2, 0) is 19.1 Å². The fourth-order valence-electron chi connectivity index (χ4n) is 5.21. The van der Waals surface area contributed by atoms with Crippen molar-refractivity contribution in [2.75, 3.05) is 32.8 Å². The van der Waals surface area contributed by atoms with Gasteiger partial charge in [0.2, 0.25) is 5.91 Å². The number of phenolic OH excluding ortho intramolecular Hbond substituents is 1. The fraction of sp³-hybridized carbons (Fsp3) is 0.219. The number of rotatable bonds is 10. The number of phenols is 1. The Kier molecular flexibility index (Phi) is 8.51. The summed E-state index contributed by atoms with van der Waals surface area (Å²) in [5, 5.41) is 21.4. The number of alkyl carbamates (subject to hydrolysis) is 1. The van der Waals surface area contributed by atoms with Crippen molar-refractivity contribution in [3.63, 3.8) is 0 Å². The normalized spacial score (nSPS) is 14.7. The van der Waals surface area contributed by atoms with Gasteiger partial charge in [0, 0.05) is 19.0 Å². The molecule has 220 valence electrons. The third-order valence-electron chi connectivity index (χ3n) is 7.30. The van der Waals surface area contributed by atoms with Gasteiger partial charge < -0.3 is 25.2 Å². The summed E-state index contributed by atoms with van der Waals surface area (Å²) in [7, 11) is 0. The van der Waals surface area contributed by atoms with Crippen LogP contribution in [0.15, 0.2) is 83.5 Å². The molecule has 0 aromatic heterocycles.